The van der Waals surface area contributed by atoms with Crippen molar-refractivity contribution in [1.82, 2.24) is 15.2 Å². The van der Waals surface area contributed by atoms with E-state index in [-0.39, 0.29) is 0 Å². The van der Waals surface area contributed by atoms with Crippen LogP contribution in [0, 0.1) is 0 Å². The minimum atomic E-state index is 0.515. The molecule has 0 N–H and O–H groups in total. The molecule has 0 bridgehead atoms. The molecule has 66 heavy (non-hydrogen) atoms. The number of rotatable bonds is 6. The average Bonchev–Trinajstić information content (AvgIpc) is 3.39. The van der Waals surface area contributed by atoms with Gasteiger partial charge in [-0.1, -0.05) is 97.1 Å². The summed E-state index contributed by atoms with van der Waals surface area (Å²) in [7, 11) is 0. The standard InChI is InChI=1S/C57H36N6O3/c1-7-19-49-43(13-1)61(44-14-2-8-20-50(44)64-49)40-31-25-37(26-32-40)55-56(38-27-33-41(34-28-38)62-45-15-3-9-21-51(45)65-52-22-10-4-16-46(52)62)59-60-57(58-55)39-29-35-42(36-30-39)63-47-17-5-11-23-53(47)66-54-24-12-6-18-48(54)63/h1-36H. The Morgan fingerprint density at radius 2 is 0.530 bits per heavy atom. The average molecular weight is 853 g/mol. The van der Waals surface area contributed by atoms with E-state index in [2.05, 4.69) is 124 Å². The van der Waals surface area contributed by atoms with E-state index < -0.39 is 0 Å². The zero-order valence-electron chi connectivity index (χ0n) is 35.2. The van der Waals surface area contributed by atoms with Gasteiger partial charge in [0.25, 0.3) is 0 Å². The Morgan fingerprint density at radius 1 is 0.258 bits per heavy atom. The van der Waals surface area contributed by atoms with Crippen LogP contribution in [-0.4, -0.2) is 15.2 Å². The molecule has 0 spiro atoms. The van der Waals surface area contributed by atoms with Gasteiger partial charge in [-0.2, -0.15) is 0 Å². The van der Waals surface area contributed by atoms with Crippen molar-refractivity contribution in [3.63, 3.8) is 0 Å². The van der Waals surface area contributed by atoms with Crippen LogP contribution in [0.1, 0.15) is 0 Å². The molecule has 0 fully saturated rings. The van der Waals surface area contributed by atoms with E-state index in [0.717, 1.165) is 102 Å². The highest BCUT2D eigenvalue weighted by Gasteiger charge is 2.29. The predicted molar refractivity (Wildman–Crippen MR) is 260 cm³/mol. The third-order valence-corrected chi connectivity index (χ3v) is 12.2. The van der Waals surface area contributed by atoms with E-state index in [1.54, 1.807) is 0 Å². The summed E-state index contributed by atoms with van der Waals surface area (Å²) in [4.78, 5) is 12.0. The molecule has 3 aliphatic heterocycles. The number of hydrogen-bond donors (Lipinski definition) is 0. The molecule has 3 aliphatic rings. The molecule has 312 valence electrons. The lowest BCUT2D eigenvalue weighted by Crippen LogP contribution is -2.15. The largest absolute Gasteiger partial charge is 0.453 e. The van der Waals surface area contributed by atoms with Gasteiger partial charge < -0.3 is 28.9 Å². The van der Waals surface area contributed by atoms with Crippen LogP contribution in [0.15, 0.2) is 218 Å². The summed E-state index contributed by atoms with van der Waals surface area (Å²) in [6, 6.07) is 73.8. The third kappa shape index (κ3) is 6.21. The smallest absolute Gasteiger partial charge is 0.182 e. The van der Waals surface area contributed by atoms with Crippen molar-refractivity contribution in [2.45, 2.75) is 0 Å². The number of benzene rings is 9. The molecule has 0 aliphatic carbocycles. The number of anilines is 9. The van der Waals surface area contributed by atoms with Gasteiger partial charge in [-0.25, -0.2) is 4.98 Å². The van der Waals surface area contributed by atoms with Gasteiger partial charge in [-0.15, -0.1) is 10.2 Å². The van der Waals surface area contributed by atoms with E-state index in [0.29, 0.717) is 17.2 Å². The monoisotopic (exact) mass is 852 g/mol. The summed E-state index contributed by atoms with van der Waals surface area (Å²) in [5, 5.41) is 9.75. The van der Waals surface area contributed by atoms with E-state index in [9.17, 15) is 0 Å². The quantitative estimate of drug-likeness (QED) is 0.162. The fourth-order valence-electron chi connectivity index (χ4n) is 9.09. The van der Waals surface area contributed by atoms with Gasteiger partial charge in [-0.3, -0.25) is 0 Å². The van der Waals surface area contributed by atoms with Gasteiger partial charge >= 0.3 is 0 Å². The summed E-state index contributed by atoms with van der Waals surface area (Å²) >= 11 is 0. The molecule has 0 amide bonds. The number of nitrogens with zero attached hydrogens (tertiary/aromatic N) is 6. The minimum absolute atomic E-state index is 0.515. The van der Waals surface area contributed by atoms with Crippen LogP contribution in [0.25, 0.3) is 33.9 Å². The van der Waals surface area contributed by atoms with E-state index in [1.165, 1.54) is 0 Å². The van der Waals surface area contributed by atoms with Crippen molar-refractivity contribution in [2.24, 2.45) is 0 Å². The summed E-state index contributed by atoms with van der Waals surface area (Å²) < 4.78 is 18.9. The Hall–Kier alpha value is -9.21. The van der Waals surface area contributed by atoms with Gasteiger partial charge in [0.2, 0.25) is 0 Å². The molecule has 13 rings (SSSR count). The van der Waals surface area contributed by atoms with Crippen molar-refractivity contribution >= 4 is 51.2 Å². The molecule has 0 radical (unpaired) electrons. The zero-order valence-corrected chi connectivity index (χ0v) is 35.2. The van der Waals surface area contributed by atoms with Crippen molar-refractivity contribution in [1.29, 1.82) is 0 Å². The summed E-state index contributed by atoms with van der Waals surface area (Å²) in [5.41, 5.74) is 12.8. The van der Waals surface area contributed by atoms with E-state index >= 15 is 0 Å². The molecule has 0 saturated heterocycles. The maximum absolute atomic E-state index is 6.31. The second kappa shape index (κ2) is 15.3. The van der Waals surface area contributed by atoms with Gasteiger partial charge in [0, 0.05) is 33.8 Å². The van der Waals surface area contributed by atoms with Crippen molar-refractivity contribution in [3.05, 3.63) is 218 Å². The van der Waals surface area contributed by atoms with Gasteiger partial charge in [-0.05, 0) is 121 Å². The Bertz CT molecular complexity index is 3350. The van der Waals surface area contributed by atoms with Crippen molar-refractivity contribution < 1.29 is 14.2 Å². The van der Waals surface area contributed by atoms with Gasteiger partial charge in [0.1, 0.15) is 11.4 Å². The molecule has 4 heterocycles. The van der Waals surface area contributed by atoms with Crippen molar-refractivity contribution in [2.75, 3.05) is 14.7 Å². The highest BCUT2D eigenvalue weighted by Crippen LogP contribution is 2.53. The minimum Gasteiger partial charge on any atom is -0.453 e. The Labute approximate surface area is 380 Å². The van der Waals surface area contributed by atoms with Crippen LogP contribution in [0.2, 0.25) is 0 Å². The van der Waals surface area contributed by atoms with Crippen LogP contribution in [0.3, 0.4) is 0 Å². The van der Waals surface area contributed by atoms with E-state index in [4.69, 9.17) is 29.4 Å². The molecule has 9 nitrogen and oxygen atoms in total. The summed E-state index contributed by atoms with van der Waals surface area (Å²) in [6.45, 7) is 0. The van der Waals surface area contributed by atoms with Crippen molar-refractivity contribution in [3.8, 4) is 68.4 Å². The lowest BCUT2D eigenvalue weighted by Gasteiger charge is -2.33. The highest BCUT2D eigenvalue weighted by atomic mass is 16.5. The molecule has 9 heteroatoms. The Kier molecular flexibility index (Phi) is 8.63. The number of aromatic nitrogens is 3. The highest BCUT2D eigenvalue weighted by molar-refractivity contribution is 5.90. The molecule has 0 atom stereocenters. The van der Waals surface area contributed by atoms with Crippen LogP contribution >= 0.6 is 0 Å². The van der Waals surface area contributed by atoms with E-state index in [1.807, 2.05) is 109 Å². The predicted octanol–water partition coefficient (Wildman–Crippen LogP) is 15.6. The second-order valence-corrected chi connectivity index (χ2v) is 16.1. The molecule has 0 unspecified atom stereocenters. The summed E-state index contributed by atoms with van der Waals surface area (Å²) in [5.74, 6) is 5.31. The zero-order chi connectivity index (χ0) is 43.6. The normalized spacial score (nSPS) is 12.8. The van der Waals surface area contributed by atoms with Crippen LogP contribution in [0.5, 0.6) is 34.5 Å². The van der Waals surface area contributed by atoms with Gasteiger partial charge in [0.05, 0.1) is 34.1 Å². The summed E-state index contributed by atoms with van der Waals surface area (Å²) in [6.07, 6.45) is 0. The topological polar surface area (TPSA) is 76.1 Å². The number of hydrogen-bond acceptors (Lipinski definition) is 9. The SMILES string of the molecule is c1ccc2c(c1)Oc1ccccc1N2c1ccc(-c2nnc(-c3ccc(N4c5ccccc5Oc5ccccc54)cc3)c(-c3ccc(N4c5ccccc5Oc5ccccc54)cc3)n2)cc1. The number of fused-ring (bicyclic) bond motifs is 6. The Morgan fingerprint density at radius 3 is 0.848 bits per heavy atom. The molecule has 10 aromatic rings. The molecule has 9 aromatic carbocycles. The first-order valence-corrected chi connectivity index (χ1v) is 21.8. The maximum Gasteiger partial charge on any atom is 0.182 e. The first-order chi connectivity index (χ1) is 32.7. The first-order valence-electron chi connectivity index (χ1n) is 21.8. The number of ether oxygens (including phenoxy) is 3. The van der Waals surface area contributed by atoms with Crippen LogP contribution in [0.4, 0.5) is 51.2 Å². The van der Waals surface area contributed by atoms with Crippen LogP contribution in [-0.2, 0) is 0 Å². The Balaban J connectivity index is 0.902. The molecule has 0 saturated carbocycles. The lowest BCUT2D eigenvalue weighted by atomic mass is 10.0. The first kappa shape index (κ1) is 37.4. The lowest BCUT2D eigenvalue weighted by molar-refractivity contribution is 0.477. The number of para-hydroxylation sites is 12. The third-order valence-electron chi connectivity index (χ3n) is 12.2. The van der Waals surface area contributed by atoms with Crippen LogP contribution < -0.4 is 28.9 Å². The second-order valence-electron chi connectivity index (χ2n) is 16.1. The molecular weight excluding hydrogens is 817 g/mol. The molecule has 1 aromatic heterocycles. The molecular formula is C57H36N6O3. The maximum atomic E-state index is 6.31. The fraction of sp³-hybridized carbons (Fsp3) is 0. The van der Waals surface area contributed by atoms with Gasteiger partial charge in [0.15, 0.2) is 40.3 Å². The fourth-order valence-corrected chi connectivity index (χ4v) is 9.09.